The topological polar surface area (TPSA) is 55.8 Å². The van der Waals surface area contributed by atoms with Gasteiger partial charge in [-0.3, -0.25) is 9.59 Å². The number of amides is 1. The number of methoxy groups -OCH3 is 1. The van der Waals surface area contributed by atoms with Gasteiger partial charge in [-0.05, 0) is 23.8 Å². The minimum Gasteiger partial charge on any atom is -0.497 e. The van der Waals surface area contributed by atoms with Gasteiger partial charge in [0.25, 0.3) is 5.91 Å². The Hall–Kier alpha value is -2.82. The van der Waals surface area contributed by atoms with Crippen LogP contribution in [0.25, 0.3) is 0 Å². The maximum absolute atomic E-state index is 13.1. The maximum Gasteiger partial charge on any atom is 0.308 e. The van der Waals surface area contributed by atoms with E-state index in [1.165, 1.54) is 0 Å². The normalized spacial score (nSPS) is 25.1. The molecule has 5 heteroatoms. The Morgan fingerprint density at radius 3 is 2.54 bits per heavy atom. The zero-order valence-electron chi connectivity index (χ0n) is 13.5. The van der Waals surface area contributed by atoms with E-state index >= 15 is 0 Å². The van der Waals surface area contributed by atoms with Crippen molar-refractivity contribution in [2.45, 2.75) is 17.9 Å². The summed E-state index contributed by atoms with van der Waals surface area (Å²) in [7, 11) is 3.32. The Morgan fingerprint density at radius 1 is 1.12 bits per heavy atom. The molecule has 2 atom stereocenters. The van der Waals surface area contributed by atoms with E-state index in [9.17, 15) is 9.59 Å². The minimum absolute atomic E-state index is 0.181. The van der Waals surface area contributed by atoms with Gasteiger partial charge in [-0.1, -0.05) is 30.3 Å². The fraction of sp³-hybridized carbons (Fsp3) is 0.263. The first-order chi connectivity index (χ1) is 11.6. The molecule has 0 bridgehead atoms. The van der Waals surface area contributed by atoms with Gasteiger partial charge in [-0.2, -0.15) is 0 Å². The number of benzene rings is 2. The van der Waals surface area contributed by atoms with E-state index < -0.39 is 5.60 Å². The highest BCUT2D eigenvalue weighted by atomic mass is 16.6. The number of carbonyl (C=O) groups excluding carboxylic acids is 2. The maximum atomic E-state index is 13.1. The van der Waals surface area contributed by atoms with Crippen LogP contribution in [0.2, 0.25) is 0 Å². The molecule has 0 unspecified atom stereocenters. The highest BCUT2D eigenvalue weighted by Gasteiger charge is 2.62. The summed E-state index contributed by atoms with van der Waals surface area (Å²) >= 11 is 0. The molecule has 1 saturated heterocycles. The molecule has 2 aromatic rings. The first-order valence-electron chi connectivity index (χ1n) is 7.81. The number of carbonyl (C=O) groups is 2. The number of rotatable bonds is 2. The highest BCUT2D eigenvalue weighted by molar-refractivity contribution is 6.09. The number of esters is 1. The molecular formula is C19H17NO4. The number of hydrogen-bond donors (Lipinski definition) is 0. The van der Waals surface area contributed by atoms with Crippen molar-refractivity contribution in [3.05, 3.63) is 59.7 Å². The SMILES string of the molecule is COc1ccc([C@H]2CC(=O)O[C@]23C(=O)N(C)c2ccccc23)cc1. The zero-order valence-corrected chi connectivity index (χ0v) is 13.5. The first-order valence-corrected chi connectivity index (χ1v) is 7.81. The molecule has 0 saturated carbocycles. The predicted molar refractivity (Wildman–Crippen MR) is 88.0 cm³/mol. The second-order valence-electron chi connectivity index (χ2n) is 6.12. The summed E-state index contributed by atoms with van der Waals surface area (Å²) in [6, 6.07) is 14.9. The number of anilines is 1. The summed E-state index contributed by atoms with van der Waals surface area (Å²) in [5, 5.41) is 0. The van der Waals surface area contributed by atoms with Gasteiger partial charge in [0.2, 0.25) is 5.60 Å². The van der Waals surface area contributed by atoms with Crippen LogP contribution in [0.4, 0.5) is 5.69 Å². The molecule has 5 nitrogen and oxygen atoms in total. The molecule has 2 heterocycles. The van der Waals surface area contributed by atoms with Gasteiger partial charge >= 0.3 is 5.97 Å². The highest BCUT2D eigenvalue weighted by Crippen LogP contribution is 2.55. The van der Waals surface area contributed by atoms with Gasteiger partial charge in [0.1, 0.15) is 5.75 Å². The molecule has 0 radical (unpaired) electrons. The van der Waals surface area contributed by atoms with E-state index in [0.29, 0.717) is 0 Å². The monoisotopic (exact) mass is 323 g/mol. The van der Waals surface area contributed by atoms with Crippen molar-refractivity contribution in [3.63, 3.8) is 0 Å². The van der Waals surface area contributed by atoms with Crippen LogP contribution in [0.1, 0.15) is 23.5 Å². The Bertz CT molecular complexity index is 830. The third-order valence-corrected chi connectivity index (χ3v) is 4.94. The van der Waals surface area contributed by atoms with Gasteiger partial charge in [-0.25, -0.2) is 0 Å². The lowest BCUT2D eigenvalue weighted by Crippen LogP contribution is -2.42. The van der Waals surface area contributed by atoms with Crippen molar-refractivity contribution in [3.8, 4) is 5.75 Å². The van der Waals surface area contributed by atoms with Crippen molar-refractivity contribution in [2.24, 2.45) is 0 Å². The fourth-order valence-electron chi connectivity index (χ4n) is 3.78. The van der Waals surface area contributed by atoms with Gasteiger partial charge in [0.05, 0.1) is 19.2 Å². The lowest BCUT2D eigenvalue weighted by Gasteiger charge is -2.28. The van der Waals surface area contributed by atoms with Crippen LogP contribution in [0, 0.1) is 0 Å². The van der Waals surface area contributed by atoms with E-state index in [0.717, 1.165) is 22.6 Å². The third-order valence-electron chi connectivity index (χ3n) is 4.94. The van der Waals surface area contributed by atoms with Crippen LogP contribution in [0.5, 0.6) is 5.75 Å². The van der Waals surface area contributed by atoms with Gasteiger partial charge < -0.3 is 14.4 Å². The Balaban J connectivity index is 1.88. The number of likely N-dealkylation sites (N-methyl/N-ethyl adjacent to an activating group) is 1. The second kappa shape index (κ2) is 5.09. The molecule has 0 aliphatic carbocycles. The lowest BCUT2D eigenvalue weighted by molar-refractivity contribution is -0.157. The molecule has 2 aromatic carbocycles. The summed E-state index contributed by atoms with van der Waals surface area (Å²) in [6.45, 7) is 0. The van der Waals surface area contributed by atoms with Crippen molar-refractivity contribution in [1.82, 2.24) is 0 Å². The Morgan fingerprint density at radius 2 is 1.83 bits per heavy atom. The molecular weight excluding hydrogens is 306 g/mol. The summed E-state index contributed by atoms with van der Waals surface area (Å²) in [5.41, 5.74) is 1.16. The minimum atomic E-state index is -1.27. The molecule has 0 N–H and O–H groups in total. The lowest BCUT2D eigenvalue weighted by atomic mass is 9.78. The molecule has 2 aliphatic heterocycles. The Kier molecular flexibility index (Phi) is 3.13. The number of para-hydroxylation sites is 1. The molecule has 1 fully saturated rings. The molecule has 2 aliphatic rings. The summed E-state index contributed by atoms with van der Waals surface area (Å²) in [6.07, 6.45) is 0.181. The van der Waals surface area contributed by atoms with Crippen molar-refractivity contribution in [1.29, 1.82) is 0 Å². The number of nitrogens with zero attached hydrogens (tertiary/aromatic N) is 1. The third kappa shape index (κ3) is 1.81. The van der Waals surface area contributed by atoms with E-state index in [1.807, 2.05) is 48.5 Å². The van der Waals surface area contributed by atoms with Crippen LogP contribution in [0.3, 0.4) is 0 Å². The van der Waals surface area contributed by atoms with Gasteiger partial charge in [0, 0.05) is 18.5 Å². The predicted octanol–water partition coefficient (Wildman–Crippen LogP) is 2.60. The van der Waals surface area contributed by atoms with Gasteiger partial charge in [-0.15, -0.1) is 0 Å². The average molecular weight is 323 g/mol. The second-order valence-corrected chi connectivity index (χ2v) is 6.12. The van der Waals surface area contributed by atoms with Crippen LogP contribution >= 0.6 is 0 Å². The molecule has 0 aromatic heterocycles. The standard InChI is InChI=1S/C19H17NO4/c1-20-16-6-4-3-5-14(16)19(18(20)22)15(11-17(21)24-19)12-7-9-13(23-2)10-8-12/h3-10,15H,11H2,1-2H3/t15-,19+/m1/s1. The summed E-state index contributed by atoms with van der Waals surface area (Å²) in [5.74, 6) is -0.174. The van der Waals surface area contributed by atoms with Crippen LogP contribution in [-0.4, -0.2) is 26.0 Å². The average Bonchev–Trinajstić information content (AvgIpc) is 3.07. The molecule has 1 spiro atoms. The van der Waals surface area contributed by atoms with Gasteiger partial charge in [0.15, 0.2) is 0 Å². The molecule has 1 amide bonds. The van der Waals surface area contributed by atoms with Crippen LogP contribution < -0.4 is 9.64 Å². The zero-order chi connectivity index (χ0) is 16.9. The summed E-state index contributed by atoms with van der Waals surface area (Å²) < 4.78 is 10.9. The smallest absolute Gasteiger partial charge is 0.308 e. The molecule has 4 rings (SSSR count). The van der Waals surface area contributed by atoms with E-state index in [2.05, 4.69) is 0 Å². The number of fused-ring (bicyclic) bond motifs is 2. The Labute approximate surface area is 139 Å². The first kappa shape index (κ1) is 14.8. The van der Waals surface area contributed by atoms with Crippen molar-refractivity contribution >= 4 is 17.6 Å². The number of ether oxygens (including phenoxy) is 2. The van der Waals surface area contributed by atoms with Crippen molar-refractivity contribution in [2.75, 3.05) is 19.1 Å². The van der Waals surface area contributed by atoms with Crippen molar-refractivity contribution < 1.29 is 19.1 Å². The quantitative estimate of drug-likeness (QED) is 0.797. The van der Waals surface area contributed by atoms with Crippen LogP contribution in [0.15, 0.2) is 48.5 Å². The molecule has 122 valence electrons. The van der Waals surface area contributed by atoms with E-state index in [1.54, 1.807) is 19.1 Å². The fourth-order valence-corrected chi connectivity index (χ4v) is 3.78. The van der Waals surface area contributed by atoms with E-state index in [4.69, 9.17) is 9.47 Å². The largest absolute Gasteiger partial charge is 0.497 e. The molecule has 24 heavy (non-hydrogen) atoms. The van der Waals surface area contributed by atoms with Crippen LogP contribution in [-0.2, 0) is 19.9 Å². The summed E-state index contributed by atoms with van der Waals surface area (Å²) in [4.78, 5) is 26.8. The number of hydrogen-bond acceptors (Lipinski definition) is 4. The van der Waals surface area contributed by atoms with E-state index in [-0.39, 0.29) is 24.2 Å².